The summed E-state index contributed by atoms with van der Waals surface area (Å²) in [5.41, 5.74) is 2.34. The van der Waals surface area contributed by atoms with E-state index in [1.54, 1.807) is 10.7 Å². The highest BCUT2D eigenvalue weighted by Crippen LogP contribution is 2.20. The molecule has 0 saturated heterocycles. The highest BCUT2D eigenvalue weighted by atomic mass is 35.5. The summed E-state index contributed by atoms with van der Waals surface area (Å²) >= 11 is 5.93. The van der Waals surface area contributed by atoms with Crippen LogP contribution in [0.3, 0.4) is 0 Å². The van der Waals surface area contributed by atoms with E-state index in [9.17, 15) is 10.0 Å². The number of rotatable bonds is 4. The van der Waals surface area contributed by atoms with Crippen LogP contribution in [0.2, 0.25) is 0 Å². The molecular formula is C15H13ClN3O3-. The van der Waals surface area contributed by atoms with Gasteiger partial charge in [-0.05, 0) is 29.3 Å². The zero-order valence-corrected chi connectivity index (χ0v) is 12.2. The molecule has 0 fully saturated rings. The number of fused-ring (bicyclic) bond motifs is 1. The third kappa shape index (κ3) is 2.59. The van der Waals surface area contributed by atoms with Gasteiger partial charge in [-0.25, -0.2) is 0 Å². The molecule has 2 N–H and O–H groups in total. The third-order valence-corrected chi connectivity index (χ3v) is 3.85. The van der Waals surface area contributed by atoms with Crippen LogP contribution in [0.15, 0.2) is 47.3 Å². The molecule has 1 aromatic heterocycles. The van der Waals surface area contributed by atoms with Crippen molar-refractivity contribution >= 4 is 28.2 Å². The van der Waals surface area contributed by atoms with Crippen LogP contribution in [0.5, 0.6) is 0 Å². The molecule has 3 rings (SSSR count). The molecule has 114 valence electrons. The minimum atomic E-state index is -0.318. The van der Waals surface area contributed by atoms with Gasteiger partial charge in [0.2, 0.25) is 0 Å². The van der Waals surface area contributed by atoms with Crippen molar-refractivity contribution in [3.8, 4) is 0 Å². The topological polar surface area (TPSA) is 84.3 Å². The van der Waals surface area contributed by atoms with Gasteiger partial charge >= 0.3 is 0 Å². The lowest BCUT2D eigenvalue weighted by molar-refractivity contribution is 0.296. The van der Waals surface area contributed by atoms with Gasteiger partial charge < -0.3 is 10.4 Å². The lowest BCUT2D eigenvalue weighted by Gasteiger charge is -2.21. The molecule has 7 heteroatoms. The minimum Gasteiger partial charge on any atom is -0.733 e. The van der Waals surface area contributed by atoms with Crippen molar-refractivity contribution in [2.75, 3.05) is 5.23 Å². The Morgan fingerprint density at radius 3 is 2.64 bits per heavy atom. The molecular weight excluding hydrogens is 306 g/mol. The first-order valence-electron chi connectivity index (χ1n) is 6.61. The Morgan fingerprint density at radius 1 is 1.23 bits per heavy atom. The third-order valence-electron chi connectivity index (χ3n) is 3.56. The Hall–Kier alpha value is -2.28. The highest BCUT2D eigenvalue weighted by Gasteiger charge is 2.09. The molecule has 0 radical (unpaired) electrons. The maximum absolute atomic E-state index is 12.0. The van der Waals surface area contributed by atoms with Crippen LogP contribution >= 0.6 is 11.6 Å². The van der Waals surface area contributed by atoms with Crippen LogP contribution in [0.4, 0.5) is 5.69 Å². The van der Waals surface area contributed by atoms with Gasteiger partial charge in [-0.15, -0.1) is 11.6 Å². The van der Waals surface area contributed by atoms with Gasteiger partial charge in [-0.2, -0.15) is 0 Å². The van der Waals surface area contributed by atoms with Crippen LogP contribution in [0.25, 0.3) is 10.9 Å². The van der Waals surface area contributed by atoms with E-state index in [2.05, 4.69) is 5.10 Å². The number of nitrogens with one attached hydrogen (secondary N) is 1. The fourth-order valence-electron chi connectivity index (χ4n) is 2.44. The average molecular weight is 319 g/mol. The largest absolute Gasteiger partial charge is 0.733 e. The number of H-pyrrole nitrogens is 1. The Balaban J connectivity index is 2.07. The quantitative estimate of drug-likeness (QED) is 0.572. The predicted molar refractivity (Wildman–Crippen MR) is 85.3 cm³/mol. The molecule has 0 aliphatic heterocycles. The first-order valence-corrected chi connectivity index (χ1v) is 7.15. The van der Waals surface area contributed by atoms with Crippen molar-refractivity contribution in [2.24, 2.45) is 0 Å². The SMILES string of the molecule is O=c1[nH]n(Cc2ccccc2CCl)c2ccc(N([O-])O)cc12. The summed E-state index contributed by atoms with van der Waals surface area (Å²) in [6.45, 7) is 0.460. The number of alkyl halides is 1. The highest BCUT2D eigenvalue weighted by molar-refractivity contribution is 6.17. The van der Waals surface area contributed by atoms with Crippen LogP contribution in [-0.4, -0.2) is 15.0 Å². The maximum atomic E-state index is 12.0. The average Bonchev–Trinajstić information content (AvgIpc) is 2.83. The molecule has 6 nitrogen and oxygen atoms in total. The standard InChI is InChI=1S/C15H13ClN3O3/c16-8-10-3-1-2-4-11(10)9-18-14-6-5-12(19(21)22)7-13(14)15(20)17-18/h1-7,21H,8-9H2,(H,17,20)/q-1. The fraction of sp³-hybridized carbons (Fsp3) is 0.133. The van der Waals surface area contributed by atoms with Gasteiger partial charge in [0.1, 0.15) is 0 Å². The van der Waals surface area contributed by atoms with E-state index >= 15 is 0 Å². The Bertz CT molecular complexity index is 870. The van der Waals surface area contributed by atoms with Gasteiger partial charge in [0.05, 0.1) is 23.1 Å². The summed E-state index contributed by atoms with van der Waals surface area (Å²) in [7, 11) is 0. The van der Waals surface area contributed by atoms with E-state index in [0.717, 1.165) is 11.1 Å². The first kappa shape index (κ1) is 14.6. The number of hydrogen-bond donors (Lipinski definition) is 2. The summed E-state index contributed by atoms with van der Waals surface area (Å²) in [5.74, 6) is 0.388. The molecule has 0 saturated carbocycles. The van der Waals surface area contributed by atoms with Gasteiger partial charge in [0.25, 0.3) is 5.56 Å². The molecule has 0 bridgehead atoms. The van der Waals surface area contributed by atoms with Crippen molar-refractivity contribution in [1.82, 2.24) is 9.78 Å². The van der Waals surface area contributed by atoms with Gasteiger partial charge in [-0.3, -0.25) is 19.8 Å². The molecule has 3 aromatic rings. The normalized spacial score (nSPS) is 11.0. The molecule has 0 atom stereocenters. The van der Waals surface area contributed by atoms with E-state index in [1.807, 2.05) is 24.3 Å². The molecule has 1 heterocycles. The van der Waals surface area contributed by atoms with Crippen LogP contribution in [-0.2, 0) is 12.4 Å². The van der Waals surface area contributed by atoms with E-state index in [4.69, 9.17) is 16.8 Å². The number of nitrogens with zero attached hydrogens (tertiary/aromatic N) is 2. The maximum Gasteiger partial charge on any atom is 0.272 e. The lowest BCUT2D eigenvalue weighted by Crippen LogP contribution is -2.08. The number of anilines is 1. The van der Waals surface area contributed by atoms with Crippen molar-refractivity contribution < 1.29 is 5.21 Å². The molecule has 0 spiro atoms. The van der Waals surface area contributed by atoms with E-state index in [-0.39, 0.29) is 16.5 Å². The summed E-state index contributed by atoms with van der Waals surface area (Å²) < 4.78 is 1.69. The van der Waals surface area contributed by atoms with E-state index < -0.39 is 0 Å². The van der Waals surface area contributed by atoms with E-state index in [1.165, 1.54) is 12.1 Å². The Kier molecular flexibility index (Phi) is 3.89. The molecule has 22 heavy (non-hydrogen) atoms. The van der Waals surface area contributed by atoms with Gasteiger partial charge in [-0.1, -0.05) is 24.3 Å². The number of aromatic amines is 1. The monoisotopic (exact) mass is 318 g/mol. The van der Waals surface area contributed by atoms with E-state index in [0.29, 0.717) is 23.3 Å². The second-order valence-electron chi connectivity index (χ2n) is 4.90. The number of halogens is 1. The number of benzene rings is 2. The summed E-state index contributed by atoms with van der Waals surface area (Å²) in [6, 6.07) is 12.1. The number of hydrogen-bond acceptors (Lipinski definition) is 4. The molecule has 2 aromatic carbocycles. The summed E-state index contributed by atoms with van der Waals surface area (Å²) in [6.07, 6.45) is 0. The molecule has 0 amide bonds. The Morgan fingerprint density at radius 2 is 1.95 bits per heavy atom. The molecule has 0 aliphatic carbocycles. The zero-order chi connectivity index (χ0) is 15.7. The first-order chi connectivity index (χ1) is 10.6. The summed E-state index contributed by atoms with van der Waals surface area (Å²) in [5, 5.41) is 22.7. The van der Waals surface area contributed by atoms with Gasteiger partial charge in [0.15, 0.2) is 0 Å². The molecule has 0 aliphatic rings. The second kappa shape index (κ2) is 5.84. The van der Waals surface area contributed by atoms with Crippen LogP contribution in [0.1, 0.15) is 11.1 Å². The summed E-state index contributed by atoms with van der Waals surface area (Å²) in [4.78, 5) is 12.0. The fourth-order valence-corrected chi connectivity index (χ4v) is 2.70. The van der Waals surface area contributed by atoms with Crippen molar-refractivity contribution in [2.45, 2.75) is 12.4 Å². The smallest absolute Gasteiger partial charge is 0.272 e. The zero-order valence-electron chi connectivity index (χ0n) is 11.5. The molecule has 0 unspecified atom stereocenters. The minimum absolute atomic E-state index is 0.0110. The van der Waals surface area contributed by atoms with Gasteiger partial charge in [0, 0.05) is 5.88 Å². The predicted octanol–water partition coefficient (Wildman–Crippen LogP) is 2.81. The lowest BCUT2D eigenvalue weighted by atomic mass is 10.1. The van der Waals surface area contributed by atoms with Crippen molar-refractivity contribution in [3.05, 3.63) is 69.2 Å². The second-order valence-corrected chi connectivity index (χ2v) is 5.17. The number of aromatic nitrogens is 2. The van der Waals surface area contributed by atoms with Crippen LogP contribution < -0.4 is 10.8 Å². The van der Waals surface area contributed by atoms with Crippen molar-refractivity contribution in [1.29, 1.82) is 0 Å². The van der Waals surface area contributed by atoms with Crippen LogP contribution in [0, 0.1) is 5.21 Å². The van der Waals surface area contributed by atoms with Crippen molar-refractivity contribution in [3.63, 3.8) is 0 Å². The Labute approximate surface area is 130 Å².